The molecule has 8 nitrogen and oxygen atoms in total. The van der Waals surface area contributed by atoms with Crippen molar-refractivity contribution < 1.29 is 9.72 Å². The van der Waals surface area contributed by atoms with Crippen molar-refractivity contribution in [1.82, 2.24) is 9.80 Å². The Balaban J connectivity index is 1.64. The number of anilines is 1. The highest BCUT2D eigenvalue weighted by Gasteiger charge is 2.25. The maximum Gasteiger partial charge on any atom is 0.270 e. The van der Waals surface area contributed by atoms with Crippen LogP contribution < -0.4 is 5.32 Å². The zero-order chi connectivity index (χ0) is 20.1. The van der Waals surface area contributed by atoms with E-state index in [1.165, 1.54) is 12.1 Å². The predicted molar refractivity (Wildman–Crippen MR) is 105 cm³/mol. The summed E-state index contributed by atoms with van der Waals surface area (Å²) in [4.78, 5) is 27.4. The fraction of sp³-hybridized carbons (Fsp3) is 0.300. The highest BCUT2D eigenvalue weighted by molar-refractivity contribution is 6.00. The Hall–Kier alpha value is -3.44. The van der Waals surface area contributed by atoms with Crippen LogP contribution in [0.1, 0.15) is 21.5 Å². The molecular formula is C20H21N5O3. The molecule has 0 aromatic heterocycles. The van der Waals surface area contributed by atoms with Crippen molar-refractivity contribution in [3.05, 3.63) is 69.3 Å². The fourth-order valence-electron chi connectivity index (χ4n) is 3.26. The number of carbonyl (C=O) groups excluding carboxylic acids is 1. The van der Waals surface area contributed by atoms with Crippen LogP contribution in [0.15, 0.2) is 42.5 Å². The van der Waals surface area contributed by atoms with Crippen molar-refractivity contribution >= 4 is 17.3 Å². The number of nitriles is 1. The molecule has 8 heteroatoms. The third-order valence-electron chi connectivity index (χ3n) is 4.86. The molecule has 1 fully saturated rings. The number of nitrogens with zero attached hydrogens (tertiary/aromatic N) is 4. The zero-order valence-electron chi connectivity index (χ0n) is 15.6. The molecule has 1 aliphatic heterocycles. The minimum atomic E-state index is -0.494. The van der Waals surface area contributed by atoms with Gasteiger partial charge in [0.25, 0.3) is 11.6 Å². The van der Waals surface area contributed by atoms with E-state index in [2.05, 4.69) is 16.3 Å². The van der Waals surface area contributed by atoms with Crippen molar-refractivity contribution in [2.75, 3.05) is 38.5 Å². The number of benzene rings is 2. The number of non-ortho nitro benzene ring substituents is 1. The third-order valence-corrected chi connectivity index (χ3v) is 4.86. The summed E-state index contributed by atoms with van der Waals surface area (Å²) >= 11 is 0. The van der Waals surface area contributed by atoms with Gasteiger partial charge in [0, 0.05) is 57.6 Å². The largest absolute Gasteiger partial charge is 0.387 e. The highest BCUT2D eigenvalue weighted by atomic mass is 16.6. The third kappa shape index (κ3) is 4.27. The van der Waals surface area contributed by atoms with E-state index in [9.17, 15) is 14.9 Å². The van der Waals surface area contributed by atoms with Gasteiger partial charge in [-0.05, 0) is 23.8 Å². The van der Waals surface area contributed by atoms with Gasteiger partial charge in [0.05, 0.1) is 22.1 Å². The van der Waals surface area contributed by atoms with Crippen LogP contribution in [0, 0.1) is 21.4 Å². The first-order valence-electron chi connectivity index (χ1n) is 8.98. The average molecular weight is 379 g/mol. The first-order valence-corrected chi connectivity index (χ1v) is 8.98. The Labute approximate surface area is 163 Å². The van der Waals surface area contributed by atoms with Crippen LogP contribution >= 0.6 is 0 Å². The van der Waals surface area contributed by atoms with Gasteiger partial charge in [-0.1, -0.05) is 12.1 Å². The topological polar surface area (TPSA) is 103 Å². The van der Waals surface area contributed by atoms with Gasteiger partial charge in [-0.25, -0.2) is 0 Å². The molecule has 28 heavy (non-hydrogen) atoms. The summed E-state index contributed by atoms with van der Waals surface area (Å²) in [6, 6.07) is 13.9. The number of nitro benzene ring substituents is 1. The van der Waals surface area contributed by atoms with Crippen molar-refractivity contribution in [2.24, 2.45) is 0 Å². The lowest BCUT2D eigenvalue weighted by atomic mass is 10.1. The van der Waals surface area contributed by atoms with E-state index in [-0.39, 0.29) is 11.6 Å². The maximum absolute atomic E-state index is 12.9. The quantitative estimate of drug-likeness (QED) is 0.632. The lowest BCUT2D eigenvalue weighted by Crippen LogP contribution is -2.48. The molecule has 0 radical (unpaired) electrons. The van der Waals surface area contributed by atoms with E-state index in [1.807, 2.05) is 12.1 Å². The SMILES string of the molecule is CNc1ccc([N+](=O)[O-])cc1C(=O)N1CCN(Cc2ccc(C#N)cc2)CC1. The smallest absolute Gasteiger partial charge is 0.270 e. The molecule has 2 aromatic carbocycles. The minimum Gasteiger partial charge on any atom is -0.387 e. The van der Waals surface area contributed by atoms with Crippen molar-refractivity contribution in [1.29, 1.82) is 5.26 Å². The Morgan fingerprint density at radius 1 is 1.18 bits per heavy atom. The van der Waals surface area contributed by atoms with Gasteiger partial charge in [0.1, 0.15) is 0 Å². The molecule has 1 amide bonds. The summed E-state index contributed by atoms with van der Waals surface area (Å²) in [5.41, 5.74) is 2.56. The summed E-state index contributed by atoms with van der Waals surface area (Å²) in [5.74, 6) is -0.203. The van der Waals surface area contributed by atoms with Gasteiger partial charge >= 0.3 is 0 Å². The van der Waals surface area contributed by atoms with Crippen molar-refractivity contribution in [3.63, 3.8) is 0 Å². The second-order valence-corrected chi connectivity index (χ2v) is 6.61. The van der Waals surface area contributed by atoms with E-state index in [0.717, 1.165) is 25.2 Å². The number of hydrogen-bond donors (Lipinski definition) is 1. The molecule has 0 saturated carbocycles. The maximum atomic E-state index is 12.9. The van der Waals surface area contributed by atoms with Crippen LogP contribution in [0.5, 0.6) is 0 Å². The van der Waals surface area contributed by atoms with Gasteiger partial charge in [-0.15, -0.1) is 0 Å². The van der Waals surface area contributed by atoms with Gasteiger partial charge in [-0.2, -0.15) is 5.26 Å². The van der Waals surface area contributed by atoms with E-state index < -0.39 is 4.92 Å². The molecular weight excluding hydrogens is 358 g/mol. The summed E-state index contributed by atoms with van der Waals surface area (Å²) in [5, 5.41) is 22.8. The molecule has 0 unspecified atom stereocenters. The van der Waals surface area contributed by atoms with Crippen molar-refractivity contribution in [2.45, 2.75) is 6.54 Å². The summed E-state index contributed by atoms with van der Waals surface area (Å²) < 4.78 is 0. The van der Waals surface area contributed by atoms with Gasteiger partial charge in [0.15, 0.2) is 0 Å². The summed E-state index contributed by atoms with van der Waals surface area (Å²) in [6.45, 7) is 3.30. The van der Waals surface area contributed by atoms with Crippen LogP contribution in [0.2, 0.25) is 0 Å². The second kappa shape index (κ2) is 8.50. The lowest BCUT2D eigenvalue weighted by molar-refractivity contribution is -0.384. The number of rotatable bonds is 5. The monoisotopic (exact) mass is 379 g/mol. The molecule has 1 N–H and O–H groups in total. The van der Waals surface area contributed by atoms with Crippen LogP contribution in [-0.4, -0.2) is 53.9 Å². The number of amides is 1. The first-order chi connectivity index (χ1) is 13.5. The second-order valence-electron chi connectivity index (χ2n) is 6.61. The summed E-state index contributed by atoms with van der Waals surface area (Å²) in [7, 11) is 1.69. The molecule has 0 atom stereocenters. The zero-order valence-corrected chi connectivity index (χ0v) is 15.6. The molecule has 1 heterocycles. The number of carbonyl (C=O) groups is 1. The molecule has 0 spiro atoms. The number of piperazine rings is 1. The summed E-state index contributed by atoms with van der Waals surface area (Å²) in [6.07, 6.45) is 0. The normalized spacial score (nSPS) is 14.4. The Kier molecular flexibility index (Phi) is 5.87. The van der Waals surface area contributed by atoms with Crippen LogP contribution in [0.4, 0.5) is 11.4 Å². The van der Waals surface area contributed by atoms with Crippen LogP contribution in [0.3, 0.4) is 0 Å². The average Bonchev–Trinajstić information content (AvgIpc) is 2.73. The molecule has 144 valence electrons. The van der Waals surface area contributed by atoms with E-state index in [0.29, 0.717) is 29.9 Å². The van der Waals surface area contributed by atoms with E-state index in [1.54, 1.807) is 30.1 Å². The fourth-order valence-corrected chi connectivity index (χ4v) is 3.26. The molecule has 1 saturated heterocycles. The predicted octanol–water partition coefficient (Wildman–Crippen LogP) is 2.47. The Bertz CT molecular complexity index is 912. The number of nitrogens with one attached hydrogen (secondary N) is 1. The number of nitro groups is 1. The highest BCUT2D eigenvalue weighted by Crippen LogP contribution is 2.24. The molecule has 2 aromatic rings. The Morgan fingerprint density at radius 3 is 2.43 bits per heavy atom. The van der Waals surface area contributed by atoms with Crippen LogP contribution in [0.25, 0.3) is 0 Å². The molecule has 1 aliphatic rings. The van der Waals surface area contributed by atoms with E-state index in [4.69, 9.17) is 5.26 Å². The standard InChI is InChI=1S/C20H21N5O3/c1-22-19-7-6-17(25(27)28)12-18(19)20(26)24-10-8-23(9-11-24)14-16-4-2-15(13-21)3-5-16/h2-7,12,22H,8-11,14H2,1H3. The lowest BCUT2D eigenvalue weighted by Gasteiger charge is -2.35. The molecule has 0 bridgehead atoms. The molecule has 0 aliphatic carbocycles. The van der Waals surface area contributed by atoms with Gasteiger partial charge in [0.2, 0.25) is 0 Å². The van der Waals surface area contributed by atoms with Crippen molar-refractivity contribution in [3.8, 4) is 6.07 Å². The van der Waals surface area contributed by atoms with Gasteiger partial charge < -0.3 is 10.2 Å². The van der Waals surface area contributed by atoms with Gasteiger partial charge in [-0.3, -0.25) is 19.8 Å². The molecule has 3 rings (SSSR count). The Morgan fingerprint density at radius 2 is 1.86 bits per heavy atom. The first kappa shape index (κ1) is 19.3. The van der Waals surface area contributed by atoms with E-state index >= 15 is 0 Å². The minimum absolute atomic E-state index is 0.0956. The van der Waals surface area contributed by atoms with Crippen LogP contribution in [-0.2, 0) is 6.54 Å². The number of hydrogen-bond acceptors (Lipinski definition) is 6.